The van der Waals surface area contributed by atoms with Crippen LogP contribution in [0.3, 0.4) is 0 Å². The molecule has 124 valence electrons. The molecule has 0 aromatic heterocycles. The zero-order valence-corrected chi connectivity index (χ0v) is 13.8. The molecule has 1 fully saturated rings. The minimum atomic E-state index is -0.400. The molecule has 0 bridgehead atoms. The molecule has 1 aliphatic rings. The van der Waals surface area contributed by atoms with Crippen LogP contribution in [-0.4, -0.2) is 88.1 Å². The molecule has 0 radical (unpaired) electrons. The van der Waals surface area contributed by atoms with Crippen molar-refractivity contribution in [3.05, 3.63) is 0 Å². The fourth-order valence-electron chi connectivity index (χ4n) is 2.62. The molecule has 1 amide bonds. The number of rotatable bonds is 9. The van der Waals surface area contributed by atoms with Gasteiger partial charge in [0.1, 0.15) is 6.10 Å². The Kier molecular flexibility index (Phi) is 8.84. The van der Waals surface area contributed by atoms with Crippen LogP contribution in [0.4, 0.5) is 0 Å². The summed E-state index contributed by atoms with van der Waals surface area (Å²) in [6.45, 7) is 9.05. The molecule has 0 aromatic rings. The van der Waals surface area contributed by atoms with E-state index in [1.165, 1.54) is 0 Å². The van der Waals surface area contributed by atoms with Gasteiger partial charge in [0.15, 0.2) is 0 Å². The summed E-state index contributed by atoms with van der Waals surface area (Å²) in [6.07, 6.45) is 0.634. The molecule has 6 heteroatoms. The lowest BCUT2D eigenvalue weighted by Gasteiger charge is -2.41. The van der Waals surface area contributed by atoms with Gasteiger partial charge in [0.2, 0.25) is 0 Å². The summed E-state index contributed by atoms with van der Waals surface area (Å²) in [5, 5.41) is 0. The van der Waals surface area contributed by atoms with E-state index in [0.29, 0.717) is 19.3 Å². The predicted octanol–water partition coefficient (Wildman–Crippen LogP) is 0.607. The zero-order chi connectivity index (χ0) is 15.7. The summed E-state index contributed by atoms with van der Waals surface area (Å²) < 4.78 is 15.6. The highest BCUT2D eigenvalue weighted by molar-refractivity contribution is 5.80. The van der Waals surface area contributed by atoms with Crippen molar-refractivity contribution in [2.24, 2.45) is 0 Å². The minimum absolute atomic E-state index is 0.0796. The van der Waals surface area contributed by atoms with E-state index in [-0.39, 0.29) is 5.91 Å². The van der Waals surface area contributed by atoms with Gasteiger partial charge in [0, 0.05) is 46.4 Å². The Morgan fingerprint density at radius 3 is 2.52 bits per heavy atom. The molecule has 2 atom stereocenters. The first-order chi connectivity index (χ1) is 10.1. The molecule has 1 rings (SSSR count). The fourth-order valence-corrected chi connectivity index (χ4v) is 2.62. The maximum atomic E-state index is 12.4. The molecular weight excluding hydrogens is 272 g/mol. The second kappa shape index (κ2) is 10.1. The van der Waals surface area contributed by atoms with E-state index >= 15 is 0 Å². The third kappa shape index (κ3) is 5.90. The van der Waals surface area contributed by atoms with Crippen molar-refractivity contribution in [2.75, 3.05) is 60.2 Å². The van der Waals surface area contributed by atoms with E-state index in [1.54, 1.807) is 14.2 Å². The lowest BCUT2D eigenvalue weighted by molar-refractivity contribution is -0.146. The van der Waals surface area contributed by atoms with Gasteiger partial charge in [0.05, 0.1) is 19.8 Å². The van der Waals surface area contributed by atoms with Crippen LogP contribution in [0.5, 0.6) is 0 Å². The van der Waals surface area contributed by atoms with Gasteiger partial charge in [-0.25, -0.2) is 0 Å². The van der Waals surface area contributed by atoms with Crippen molar-refractivity contribution in [1.29, 1.82) is 0 Å². The quantitative estimate of drug-likeness (QED) is 0.584. The fraction of sp³-hybridized carbons (Fsp3) is 0.933. The first kappa shape index (κ1) is 18.4. The van der Waals surface area contributed by atoms with E-state index in [4.69, 9.17) is 14.2 Å². The van der Waals surface area contributed by atoms with Gasteiger partial charge >= 0.3 is 0 Å². The van der Waals surface area contributed by atoms with E-state index in [2.05, 4.69) is 11.8 Å². The van der Waals surface area contributed by atoms with Crippen LogP contribution in [0.1, 0.15) is 20.3 Å². The molecule has 0 aromatic carbocycles. The molecule has 6 nitrogen and oxygen atoms in total. The lowest BCUT2D eigenvalue weighted by Crippen LogP contribution is -2.56. The van der Waals surface area contributed by atoms with Crippen LogP contribution < -0.4 is 0 Å². The highest BCUT2D eigenvalue weighted by Crippen LogP contribution is 2.14. The van der Waals surface area contributed by atoms with Crippen molar-refractivity contribution in [3.63, 3.8) is 0 Å². The highest BCUT2D eigenvalue weighted by atomic mass is 16.5. The normalized spacial score (nSPS) is 21.5. The SMILES string of the molecule is CCC1CN(C(=O)C(C)OCCOC)CCN1CCOC. The average Bonchev–Trinajstić information content (AvgIpc) is 2.52. The molecule has 1 saturated heterocycles. The van der Waals surface area contributed by atoms with Gasteiger partial charge in [0.25, 0.3) is 5.91 Å². The summed E-state index contributed by atoms with van der Waals surface area (Å²) in [5.74, 6) is 0.0796. The summed E-state index contributed by atoms with van der Waals surface area (Å²) in [7, 11) is 3.35. The maximum Gasteiger partial charge on any atom is 0.251 e. The summed E-state index contributed by atoms with van der Waals surface area (Å²) in [6, 6.07) is 0.407. The van der Waals surface area contributed by atoms with Gasteiger partial charge in [-0.15, -0.1) is 0 Å². The zero-order valence-electron chi connectivity index (χ0n) is 13.8. The van der Waals surface area contributed by atoms with Gasteiger partial charge in [-0.3, -0.25) is 9.69 Å². The van der Waals surface area contributed by atoms with Crippen molar-refractivity contribution in [2.45, 2.75) is 32.4 Å². The third-order valence-corrected chi connectivity index (χ3v) is 3.97. The third-order valence-electron chi connectivity index (χ3n) is 3.97. The average molecular weight is 302 g/mol. The molecule has 2 unspecified atom stereocenters. The molecular formula is C15H30N2O4. The number of nitrogens with zero attached hydrogens (tertiary/aromatic N) is 2. The largest absolute Gasteiger partial charge is 0.383 e. The standard InChI is InChI=1S/C15H30N2O4/c1-5-14-12-17(7-6-16(14)8-9-19-3)15(18)13(2)21-11-10-20-4/h13-14H,5-12H2,1-4H3. The number of methoxy groups -OCH3 is 2. The van der Waals surface area contributed by atoms with Crippen LogP contribution in [-0.2, 0) is 19.0 Å². The van der Waals surface area contributed by atoms with Crippen LogP contribution in [0.15, 0.2) is 0 Å². The van der Waals surface area contributed by atoms with E-state index in [1.807, 2.05) is 11.8 Å². The van der Waals surface area contributed by atoms with Gasteiger partial charge < -0.3 is 19.1 Å². The van der Waals surface area contributed by atoms with E-state index < -0.39 is 6.10 Å². The van der Waals surface area contributed by atoms with Gasteiger partial charge in [-0.1, -0.05) is 6.92 Å². The number of carbonyl (C=O) groups excluding carboxylic acids is 1. The van der Waals surface area contributed by atoms with Gasteiger partial charge in [-0.2, -0.15) is 0 Å². The van der Waals surface area contributed by atoms with Crippen LogP contribution >= 0.6 is 0 Å². The minimum Gasteiger partial charge on any atom is -0.383 e. The van der Waals surface area contributed by atoms with Crippen molar-refractivity contribution < 1.29 is 19.0 Å². The molecule has 0 spiro atoms. The Labute approximate surface area is 128 Å². The molecule has 0 aliphatic carbocycles. The second-order valence-corrected chi connectivity index (χ2v) is 5.38. The summed E-state index contributed by atoms with van der Waals surface area (Å²) in [4.78, 5) is 16.7. The molecule has 1 heterocycles. The maximum absolute atomic E-state index is 12.4. The highest BCUT2D eigenvalue weighted by Gasteiger charge is 2.30. The van der Waals surface area contributed by atoms with Crippen molar-refractivity contribution in [1.82, 2.24) is 9.80 Å². The van der Waals surface area contributed by atoms with Gasteiger partial charge in [-0.05, 0) is 13.3 Å². The van der Waals surface area contributed by atoms with Crippen molar-refractivity contribution in [3.8, 4) is 0 Å². The van der Waals surface area contributed by atoms with E-state index in [9.17, 15) is 4.79 Å². The number of carbonyl (C=O) groups is 1. The van der Waals surface area contributed by atoms with Crippen LogP contribution in [0, 0.1) is 0 Å². The summed E-state index contributed by atoms with van der Waals surface area (Å²) in [5.41, 5.74) is 0. The molecule has 21 heavy (non-hydrogen) atoms. The Morgan fingerprint density at radius 2 is 1.90 bits per heavy atom. The molecule has 0 N–H and O–H groups in total. The number of hydrogen-bond donors (Lipinski definition) is 0. The predicted molar refractivity (Wildman–Crippen MR) is 81.4 cm³/mol. The number of ether oxygens (including phenoxy) is 3. The monoisotopic (exact) mass is 302 g/mol. The first-order valence-electron chi connectivity index (χ1n) is 7.76. The lowest BCUT2D eigenvalue weighted by atomic mass is 10.1. The first-order valence-corrected chi connectivity index (χ1v) is 7.76. The Bertz CT molecular complexity index is 301. The number of hydrogen-bond acceptors (Lipinski definition) is 5. The van der Waals surface area contributed by atoms with E-state index in [0.717, 1.165) is 39.2 Å². The van der Waals surface area contributed by atoms with Crippen molar-refractivity contribution >= 4 is 5.91 Å². The van der Waals surface area contributed by atoms with Crippen LogP contribution in [0.25, 0.3) is 0 Å². The molecule has 0 saturated carbocycles. The summed E-state index contributed by atoms with van der Waals surface area (Å²) >= 11 is 0. The number of piperazine rings is 1. The molecule has 1 aliphatic heterocycles. The Morgan fingerprint density at radius 1 is 1.19 bits per heavy atom. The Hall–Kier alpha value is -0.690. The topological polar surface area (TPSA) is 51.2 Å². The Balaban J connectivity index is 2.44. The smallest absolute Gasteiger partial charge is 0.251 e. The number of amides is 1. The second-order valence-electron chi connectivity index (χ2n) is 5.38. The van der Waals surface area contributed by atoms with Crippen LogP contribution in [0.2, 0.25) is 0 Å².